The molecule has 1 aromatic carbocycles. The number of halogens is 2. The molecule has 1 N–H and O–H groups in total. The third kappa shape index (κ3) is 5.57. The van der Waals surface area contributed by atoms with E-state index >= 15 is 0 Å². The number of hydrogen-bond acceptors (Lipinski definition) is 2. The third-order valence-corrected chi connectivity index (χ3v) is 3.62. The quantitative estimate of drug-likeness (QED) is 0.827. The summed E-state index contributed by atoms with van der Waals surface area (Å²) in [5, 5.41) is 5.03. The van der Waals surface area contributed by atoms with E-state index in [0.717, 1.165) is 41.7 Å². The van der Waals surface area contributed by atoms with Crippen LogP contribution in [-0.2, 0) is 6.42 Å². The molecule has 102 valence electrons. The number of rotatable bonds is 7. The molecule has 0 aliphatic heterocycles. The van der Waals surface area contributed by atoms with Gasteiger partial charge < -0.3 is 10.2 Å². The SMILES string of the molecule is CCN(C)CC(C)NCCc1cc(Cl)ccc1Cl. The molecule has 0 bridgehead atoms. The van der Waals surface area contributed by atoms with E-state index in [-0.39, 0.29) is 0 Å². The average molecular weight is 289 g/mol. The first-order chi connectivity index (χ1) is 8.52. The van der Waals surface area contributed by atoms with Crippen LogP contribution in [0.2, 0.25) is 10.0 Å². The van der Waals surface area contributed by atoms with Crippen LogP contribution in [0.3, 0.4) is 0 Å². The van der Waals surface area contributed by atoms with E-state index in [0.29, 0.717) is 6.04 Å². The van der Waals surface area contributed by atoms with E-state index in [1.165, 1.54) is 0 Å². The minimum Gasteiger partial charge on any atom is -0.313 e. The van der Waals surface area contributed by atoms with Crippen LogP contribution in [0, 0.1) is 0 Å². The van der Waals surface area contributed by atoms with Crippen molar-refractivity contribution in [3.8, 4) is 0 Å². The maximum atomic E-state index is 6.12. The van der Waals surface area contributed by atoms with Crippen molar-refractivity contribution in [1.82, 2.24) is 10.2 Å². The van der Waals surface area contributed by atoms with Crippen molar-refractivity contribution in [2.75, 3.05) is 26.7 Å². The Morgan fingerprint density at radius 2 is 2.06 bits per heavy atom. The van der Waals surface area contributed by atoms with Gasteiger partial charge in [0.15, 0.2) is 0 Å². The Morgan fingerprint density at radius 3 is 2.72 bits per heavy atom. The molecular weight excluding hydrogens is 267 g/mol. The Bertz CT molecular complexity index is 369. The molecule has 0 radical (unpaired) electrons. The number of nitrogens with zero attached hydrogens (tertiary/aromatic N) is 1. The van der Waals surface area contributed by atoms with Gasteiger partial charge in [-0.25, -0.2) is 0 Å². The fourth-order valence-corrected chi connectivity index (χ4v) is 2.26. The molecule has 1 atom stereocenters. The fourth-order valence-electron chi connectivity index (χ4n) is 1.85. The zero-order valence-electron chi connectivity index (χ0n) is 11.3. The first-order valence-corrected chi connectivity index (χ1v) is 7.14. The van der Waals surface area contributed by atoms with Gasteiger partial charge >= 0.3 is 0 Å². The Labute approximate surface area is 120 Å². The van der Waals surface area contributed by atoms with Gasteiger partial charge in [-0.05, 0) is 57.2 Å². The number of hydrogen-bond donors (Lipinski definition) is 1. The first-order valence-electron chi connectivity index (χ1n) is 6.38. The van der Waals surface area contributed by atoms with Gasteiger partial charge in [-0.15, -0.1) is 0 Å². The van der Waals surface area contributed by atoms with Gasteiger partial charge in [-0.2, -0.15) is 0 Å². The van der Waals surface area contributed by atoms with E-state index in [1.54, 1.807) is 0 Å². The monoisotopic (exact) mass is 288 g/mol. The van der Waals surface area contributed by atoms with Crippen molar-refractivity contribution >= 4 is 23.2 Å². The van der Waals surface area contributed by atoms with Crippen LogP contribution in [0.5, 0.6) is 0 Å². The largest absolute Gasteiger partial charge is 0.313 e. The van der Waals surface area contributed by atoms with Gasteiger partial charge in [0.1, 0.15) is 0 Å². The molecule has 1 unspecified atom stereocenters. The topological polar surface area (TPSA) is 15.3 Å². The summed E-state index contributed by atoms with van der Waals surface area (Å²) in [6, 6.07) is 6.09. The third-order valence-electron chi connectivity index (χ3n) is 3.02. The van der Waals surface area contributed by atoms with Crippen molar-refractivity contribution in [2.45, 2.75) is 26.3 Å². The Balaban J connectivity index is 2.35. The predicted molar refractivity (Wildman–Crippen MR) is 80.8 cm³/mol. The zero-order valence-corrected chi connectivity index (χ0v) is 12.9. The Morgan fingerprint density at radius 1 is 1.33 bits per heavy atom. The van der Waals surface area contributed by atoms with Crippen LogP contribution < -0.4 is 5.32 Å². The molecule has 0 fully saturated rings. The van der Waals surface area contributed by atoms with Crippen molar-refractivity contribution in [3.05, 3.63) is 33.8 Å². The minimum absolute atomic E-state index is 0.480. The highest BCUT2D eigenvalue weighted by Gasteiger charge is 2.05. The van der Waals surface area contributed by atoms with E-state index < -0.39 is 0 Å². The molecule has 0 amide bonds. The van der Waals surface area contributed by atoms with Gasteiger partial charge in [-0.1, -0.05) is 30.1 Å². The highest BCUT2D eigenvalue weighted by Crippen LogP contribution is 2.20. The molecule has 1 aromatic rings. The summed E-state index contributed by atoms with van der Waals surface area (Å²) in [6.07, 6.45) is 0.902. The lowest BCUT2D eigenvalue weighted by molar-refractivity contribution is 0.311. The number of nitrogens with one attached hydrogen (secondary N) is 1. The first kappa shape index (κ1) is 15.8. The summed E-state index contributed by atoms with van der Waals surface area (Å²) in [7, 11) is 2.13. The molecule has 0 aliphatic carbocycles. The average Bonchev–Trinajstić information content (AvgIpc) is 2.33. The van der Waals surface area contributed by atoms with Crippen LogP contribution in [-0.4, -0.2) is 37.6 Å². The zero-order chi connectivity index (χ0) is 13.5. The molecular formula is C14H22Cl2N2. The van der Waals surface area contributed by atoms with Gasteiger partial charge in [0, 0.05) is 22.6 Å². The maximum Gasteiger partial charge on any atom is 0.0439 e. The number of likely N-dealkylation sites (N-methyl/N-ethyl adjacent to an activating group) is 1. The van der Waals surface area contributed by atoms with E-state index in [9.17, 15) is 0 Å². The standard InChI is InChI=1S/C14H22Cl2N2/c1-4-18(3)10-11(2)17-8-7-12-9-13(15)5-6-14(12)16/h5-6,9,11,17H,4,7-8,10H2,1-3H3. The van der Waals surface area contributed by atoms with Crippen LogP contribution in [0.1, 0.15) is 19.4 Å². The summed E-state index contributed by atoms with van der Waals surface area (Å²) >= 11 is 12.1. The molecule has 2 nitrogen and oxygen atoms in total. The Kier molecular flexibility index (Phi) is 7.02. The van der Waals surface area contributed by atoms with Crippen LogP contribution in [0.25, 0.3) is 0 Å². The maximum absolute atomic E-state index is 6.12. The molecule has 0 aromatic heterocycles. The molecule has 4 heteroatoms. The van der Waals surface area contributed by atoms with Gasteiger partial charge in [0.25, 0.3) is 0 Å². The second kappa shape index (κ2) is 8.00. The lowest BCUT2D eigenvalue weighted by Gasteiger charge is -2.20. The molecule has 18 heavy (non-hydrogen) atoms. The van der Waals surface area contributed by atoms with E-state index in [2.05, 4.69) is 31.1 Å². The molecule has 0 spiro atoms. The van der Waals surface area contributed by atoms with Gasteiger partial charge in [-0.3, -0.25) is 0 Å². The summed E-state index contributed by atoms with van der Waals surface area (Å²) in [6.45, 7) is 7.41. The van der Waals surface area contributed by atoms with Crippen LogP contribution in [0.15, 0.2) is 18.2 Å². The smallest absolute Gasteiger partial charge is 0.0439 e. The van der Waals surface area contributed by atoms with Gasteiger partial charge in [0.2, 0.25) is 0 Å². The van der Waals surface area contributed by atoms with Crippen LogP contribution in [0.4, 0.5) is 0 Å². The molecule has 0 heterocycles. The summed E-state index contributed by atoms with van der Waals surface area (Å²) in [5.41, 5.74) is 1.10. The molecule has 0 saturated heterocycles. The normalized spacial score (nSPS) is 13.0. The summed E-state index contributed by atoms with van der Waals surface area (Å²) in [4.78, 5) is 2.30. The minimum atomic E-state index is 0.480. The summed E-state index contributed by atoms with van der Waals surface area (Å²) in [5.74, 6) is 0. The Hall–Kier alpha value is -0.280. The lowest BCUT2D eigenvalue weighted by atomic mass is 10.1. The van der Waals surface area contributed by atoms with Crippen molar-refractivity contribution in [3.63, 3.8) is 0 Å². The van der Waals surface area contributed by atoms with Crippen molar-refractivity contribution in [2.24, 2.45) is 0 Å². The summed E-state index contributed by atoms with van der Waals surface area (Å²) < 4.78 is 0. The van der Waals surface area contributed by atoms with E-state index in [1.807, 2.05) is 18.2 Å². The number of benzene rings is 1. The van der Waals surface area contributed by atoms with Gasteiger partial charge in [0.05, 0.1) is 0 Å². The molecule has 0 saturated carbocycles. The molecule has 1 rings (SSSR count). The molecule has 0 aliphatic rings. The predicted octanol–water partition coefficient (Wildman–Crippen LogP) is 3.47. The van der Waals surface area contributed by atoms with Crippen molar-refractivity contribution in [1.29, 1.82) is 0 Å². The van der Waals surface area contributed by atoms with Crippen molar-refractivity contribution < 1.29 is 0 Å². The second-order valence-corrected chi connectivity index (χ2v) is 5.54. The van der Waals surface area contributed by atoms with Crippen LogP contribution >= 0.6 is 23.2 Å². The highest BCUT2D eigenvalue weighted by atomic mass is 35.5. The lowest BCUT2D eigenvalue weighted by Crippen LogP contribution is -2.38. The second-order valence-electron chi connectivity index (χ2n) is 4.70. The van der Waals surface area contributed by atoms with E-state index in [4.69, 9.17) is 23.2 Å². The fraction of sp³-hybridized carbons (Fsp3) is 0.571. The highest BCUT2D eigenvalue weighted by molar-refractivity contribution is 6.33.